The van der Waals surface area contributed by atoms with E-state index in [1.807, 2.05) is 12.1 Å². The smallest absolute Gasteiger partial charge is 0.115 e. The molecule has 0 aliphatic heterocycles. The number of rotatable bonds is 0. The molecule has 13 heavy (non-hydrogen) atoms. The Morgan fingerprint density at radius 1 is 1.15 bits per heavy atom. The Bertz CT molecular complexity index is 361. The molecule has 2 nitrogen and oxygen atoms in total. The van der Waals surface area contributed by atoms with Crippen LogP contribution in [0.5, 0.6) is 5.75 Å². The highest BCUT2D eigenvalue weighted by Crippen LogP contribution is 2.52. The van der Waals surface area contributed by atoms with Gasteiger partial charge in [-0.25, -0.2) is 0 Å². The van der Waals surface area contributed by atoms with Crippen LogP contribution in [0, 0.1) is 0 Å². The summed E-state index contributed by atoms with van der Waals surface area (Å²) in [6, 6.07) is 6.00. The fourth-order valence-electron chi connectivity index (χ4n) is 2.97. The summed E-state index contributed by atoms with van der Waals surface area (Å²) in [7, 11) is 0. The van der Waals surface area contributed by atoms with Gasteiger partial charge >= 0.3 is 0 Å². The molecule has 68 valence electrons. The Morgan fingerprint density at radius 3 is 2.62 bits per heavy atom. The lowest BCUT2D eigenvalue weighted by Gasteiger charge is -2.13. The highest BCUT2D eigenvalue weighted by atomic mass is 16.3. The average molecular weight is 175 g/mol. The quantitative estimate of drug-likeness (QED) is 0.630. The van der Waals surface area contributed by atoms with Gasteiger partial charge in [0.05, 0.1) is 0 Å². The van der Waals surface area contributed by atoms with Gasteiger partial charge < -0.3 is 10.8 Å². The zero-order valence-corrected chi connectivity index (χ0v) is 7.40. The van der Waals surface area contributed by atoms with Gasteiger partial charge in [0.15, 0.2) is 0 Å². The maximum Gasteiger partial charge on any atom is 0.115 e. The SMILES string of the molecule is N[C@@H]1C2CCC1c1cc(O)ccc12. The van der Waals surface area contributed by atoms with Crippen molar-refractivity contribution in [3.8, 4) is 5.75 Å². The number of fused-ring (bicyclic) bond motifs is 5. The molecule has 1 aromatic carbocycles. The molecular formula is C11H13NO. The van der Waals surface area contributed by atoms with Crippen molar-refractivity contribution in [1.29, 1.82) is 0 Å². The topological polar surface area (TPSA) is 46.2 Å². The summed E-state index contributed by atoms with van der Waals surface area (Å²) in [5.41, 5.74) is 8.77. The number of benzene rings is 1. The molecule has 2 aliphatic carbocycles. The zero-order valence-electron chi connectivity index (χ0n) is 7.40. The van der Waals surface area contributed by atoms with Crippen molar-refractivity contribution in [3.63, 3.8) is 0 Å². The van der Waals surface area contributed by atoms with E-state index in [0.29, 0.717) is 23.6 Å². The lowest BCUT2D eigenvalue weighted by molar-refractivity contribution is 0.473. The van der Waals surface area contributed by atoms with Crippen LogP contribution in [0.4, 0.5) is 0 Å². The third kappa shape index (κ3) is 0.814. The first-order chi connectivity index (χ1) is 6.27. The van der Waals surface area contributed by atoms with E-state index in [4.69, 9.17) is 5.73 Å². The number of phenols is 1. The summed E-state index contributed by atoms with van der Waals surface area (Å²) in [5.74, 6) is 1.44. The molecule has 3 rings (SSSR count). The molecule has 3 N–H and O–H groups in total. The van der Waals surface area contributed by atoms with Gasteiger partial charge in [-0.15, -0.1) is 0 Å². The van der Waals surface area contributed by atoms with E-state index in [9.17, 15) is 5.11 Å². The minimum absolute atomic E-state index is 0.303. The first-order valence-electron chi connectivity index (χ1n) is 4.86. The van der Waals surface area contributed by atoms with E-state index >= 15 is 0 Å². The second-order valence-corrected chi connectivity index (χ2v) is 4.18. The summed E-state index contributed by atoms with van der Waals surface area (Å²) >= 11 is 0. The predicted molar refractivity (Wildman–Crippen MR) is 50.8 cm³/mol. The summed E-state index contributed by atoms with van der Waals surface area (Å²) in [6.45, 7) is 0. The third-order valence-corrected chi connectivity index (χ3v) is 3.59. The van der Waals surface area contributed by atoms with Crippen molar-refractivity contribution in [3.05, 3.63) is 29.3 Å². The maximum atomic E-state index is 9.37. The van der Waals surface area contributed by atoms with Crippen LogP contribution in [0.15, 0.2) is 18.2 Å². The van der Waals surface area contributed by atoms with Crippen LogP contribution in [0.3, 0.4) is 0 Å². The lowest BCUT2D eigenvalue weighted by atomic mass is 9.92. The molecule has 0 spiro atoms. The van der Waals surface area contributed by atoms with Gasteiger partial charge in [0.1, 0.15) is 5.75 Å². The summed E-state index contributed by atoms with van der Waals surface area (Å²) in [4.78, 5) is 0. The van der Waals surface area contributed by atoms with Gasteiger partial charge in [-0.1, -0.05) is 6.07 Å². The van der Waals surface area contributed by atoms with Crippen LogP contribution in [0.1, 0.15) is 35.8 Å². The Hall–Kier alpha value is -1.02. The molecule has 3 atom stereocenters. The molecule has 0 aromatic heterocycles. The van der Waals surface area contributed by atoms with Crippen molar-refractivity contribution in [2.75, 3.05) is 0 Å². The van der Waals surface area contributed by atoms with Crippen LogP contribution in [-0.2, 0) is 0 Å². The van der Waals surface area contributed by atoms with Gasteiger partial charge in [-0.05, 0) is 42.0 Å². The molecule has 1 fully saturated rings. The summed E-state index contributed by atoms with van der Waals surface area (Å²) < 4.78 is 0. The monoisotopic (exact) mass is 175 g/mol. The van der Waals surface area contributed by atoms with Crippen molar-refractivity contribution in [1.82, 2.24) is 0 Å². The number of phenolic OH excluding ortho intramolecular Hbond substituents is 1. The zero-order chi connectivity index (χ0) is 9.00. The summed E-state index contributed by atoms with van der Waals surface area (Å²) in [5, 5.41) is 9.37. The highest BCUT2D eigenvalue weighted by molar-refractivity contribution is 5.47. The molecule has 1 aromatic rings. The van der Waals surface area contributed by atoms with Gasteiger partial charge in [-0.2, -0.15) is 0 Å². The standard InChI is InChI=1S/C11H13NO/c12-11-8-3-4-9(11)10-5-6(13)1-2-7(8)10/h1-2,5,8-9,11,13H,3-4,12H2/t8?,9?,11-/m1/s1. The second kappa shape index (κ2) is 2.26. The Balaban J connectivity index is 2.19. The summed E-state index contributed by atoms with van der Waals surface area (Å²) in [6.07, 6.45) is 2.42. The van der Waals surface area contributed by atoms with E-state index in [-0.39, 0.29) is 0 Å². The Morgan fingerprint density at radius 2 is 1.85 bits per heavy atom. The first-order valence-corrected chi connectivity index (χ1v) is 4.86. The van der Waals surface area contributed by atoms with Crippen molar-refractivity contribution < 1.29 is 5.11 Å². The molecule has 0 radical (unpaired) electrons. The molecule has 2 bridgehead atoms. The van der Waals surface area contributed by atoms with Crippen molar-refractivity contribution in [2.45, 2.75) is 30.7 Å². The molecule has 0 heterocycles. The van der Waals surface area contributed by atoms with Gasteiger partial charge in [0.2, 0.25) is 0 Å². The normalized spacial score (nSPS) is 35.0. The molecular weight excluding hydrogens is 162 g/mol. The van der Waals surface area contributed by atoms with Gasteiger partial charge in [0.25, 0.3) is 0 Å². The molecule has 0 amide bonds. The number of hydrogen-bond donors (Lipinski definition) is 2. The van der Waals surface area contributed by atoms with Crippen LogP contribution < -0.4 is 5.73 Å². The molecule has 1 saturated carbocycles. The lowest BCUT2D eigenvalue weighted by Crippen LogP contribution is -2.22. The highest BCUT2D eigenvalue weighted by Gasteiger charge is 2.43. The fourth-order valence-corrected chi connectivity index (χ4v) is 2.97. The first kappa shape index (κ1) is 7.39. The molecule has 2 heteroatoms. The van der Waals surface area contributed by atoms with E-state index in [1.54, 1.807) is 6.07 Å². The minimum Gasteiger partial charge on any atom is -0.508 e. The van der Waals surface area contributed by atoms with E-state index in [0.717, 1.165) is 0 Å². The van der Waals surface area contributed by atoms with Crippen molar-refractivity contribution in [2.24, 2.45) is 5.73 Å². The molecule has 2 aliphatic rings. The van der Waals surface area contributed by atoms with Gasteiger partial charge in [-0.3, -0.25) is 0 Å². The van der Waals surface area contributed by atoms with Crippen LogP contribution in [0.2, 0.25) is 0 Å². The Kier molecular flexibility index (Phi) is 1.29. The van der Waals surface area contributed by atoms with Crippen LogP contribution >= 0.6 is 0 Å². The van der Waals surface area contributed by atoms with Crippen LogP contribution in [-0.4, -0.2) is 11.1 Å². The molecule has 2 unspecified atom stereocenters. The van der Waals surface area contributed by atoms with E-state index in [2.05, 4.69) is 0 Å². The Labute approximate surface area is 77.4 Å². The molecule has 0 saturated heterocycles. The maximum absolute atomic E-state index is 9.37. The fraction of sp³-hybridized carbons (Fsp3) is 0.455. The van der Waals surface area contributed by atoms with E-state index in [1.165, 1.54) is 24.0 Å². The van der Waals surface area contributed by atoms with E-state index < -0.39 is 0 Å². The van der Waals surface area contributed by atoms with Crippen molar-refractivity contribution >= 4 is 0 Å². The number of hydrogen-bond acceptors (Lipinski definition) is 2. The minimum atomic E-state index is 0.303. The number of nitrogens with two attached hydrogens (primary N) is 1. The number of aromatic hydroxyl groups is 1. The van der Waals surface area contributed by atoms with Crippen LogP contribution in [0.25, 0.3) is 0 Å². The average Bonchev–Trinajstić information content (AvgIpc) is 2.59. The van der Waals surface area contributed by atoms with Gasteiger partial charge in [0, 0.05) is 12.0 Å². The largest absolute Gasteiger partial charge is 0.508 e. The predicted octanol–water partition coefficient (Wildman–Crippen LogP) is 1.69. The second-order valence-electron chi connectivity index (χ2n) is 4.18. The third-order valence-electron chi connectivity index (χ3n) is 3.59.